The van der Waals surface area contributed by atoms with E-state index >= 15 is 0 Å². The van der Waals surface area contributed by atoms with E-state index in [-0.39, 0.29) is 0 Å². The average Bonchev–Trinajstić information content (AvgIpc) is 1.66. The predicted molar refractivity (Wildman–Crippen MR) is 43.4 cm³/mol. The molecule has 0 saturated heterocycles. The molecular formula is C7H18Si. The van der Waals surface area contributed by atoms with Gasteiger partial charge in [-0.1, -0.05) is 45.2 Å². The van der Waals surface area contributed by atoms with Crippen LogP contribution in [-0.2, 0) is 0 Å². The molecule has 0 nitrogen and oxygen atoms in total. The highest BCUT2D eigenvalue weighted by molar-refractivity contribution is 6.37. The summed E-state index contributed by atoms with van der Waals surface area (Å²) >= 11 is 0. The lowest BCUT2D eigenvalue weighted by Crippen LogP contribution is -1.92. The quantitative estimate of drug-likeness (QED) is 0.404. The molecule has 0 radical (unpaired) electrons. The number of hydrogen-bond acceptors (Lipinski definition) is 0. The third-order valence-corrected chi connectivity index (χ3v) is 3.45. The molecule has 0 unspecified atom stereocenters. The van der Waals surface area contributed by atoms with Gasteiger partial charge >= 0.3 is 0 Å². The normalized spacial score (nSPS) is 12.0. The molecule has 0 aliphatic heterocycles. The Hall–Kier alpha value is 0.217. The topological polar surface area (TPSA) is 0 Å². The van der Waals surface area contributed by atoms with E-state index in [0.29, 0.717) is 9.52 Å². The van der Waals surface area contributed by atoms with Gasteiger partial charge in [0.25, 0.3) is 0 Å². The van der Waals surface area contributed by atoms with Crippen LogP contribution in [0.3, 0.4) is 0 Å². The molecule has 0 N–H and O–H groups in total. The van der Waals surface area contributed by atoms with Crippen LogP contribution in [0.25, 0.3) is 0 Å². The summed E-state index contributed by atoms with van der Waals surface area (Å²) in [4.78, 5) is 0. The van der Waals surface area contributed by atoms with Gasteiger partial charge in [-0.05, 0) is 0 Å². The van der Waals surface area contributed by atoms with Crippen LogP contribution in [-0.4, -0.2) is 9.52 Å². The maximum Gasteiger partial charge on any atom is 0.0224 e. The summed E-state index contributed by atoms with van der Waals surface area (Å²) in [6.07, 6.45) is 2.87. The van der Waals surface area contributed by atoms with Gasteiger partial charge in [0.1, 0.15) is 0 Å². The van der Waals surface area contributed by atoms with Gasteiger partial charge in [0.15, 0.2) is 0 Å². The Morgan fingerprint density at radius 2 is 2.00 bits per heavy atom. The second-order valence-corrected chi connectivity index (χ2v) is 5.81. The molecule has 0 saturated carbocycles. The van der Waals surface area contributed by atoms with E-state index in [1.165, 1.54) is 12.8 Å². The zero-order chi connectivity index (χ0) is 6.41. The maximum absolute atomic E-state index is 2.35. The van der Waals surface area contributed by atoms with Gasteiger partial charge in [0.05, 0.1) is 0 Å². The Bertz CT molecular complexity index is 41.7. The van der Waals surface area contributed by atoms with E-state index in [1.54, 1.807) is 6.04 Å². The Kier molecular flexibility index (Phi) is 5.50. The minimum atomic E-state index is 0.335. The van der Waals surface area contributed by atoms with Crippen molar-refractivity contribution in [2.45, 2.75) is 45.2 Å². The fourth-order valence-electron chi connectivity index (χ4n) is 0.803. The zero-order valence-electron chi connectivity index (χ0n) is 6.41. The molecule has 8 heavy (non-hydrogen) atoms. The summed E-state index contributed by atoms with van der Waals surface area (Å²) in [5.41, 5.74) is 1.04. The highest BCUT2D eigenvalue weighted by atomic mass is 28.2. The molecular weight excluding hydrogens is 112 g/mol. The third-order valence-electron chi connectivity index (χ3n) is 1.39. The molecule has 0 aromatic rings. The molecule has 0 spiro atoms. The maximum atomic E-state index is 2.35. The van der Waals surface area contributed by atoms with E-state index in [2.05, 4.69) is 20.8 Å². The standard InChI is InChI=1S/C7H18Si/c1-4-5-6-8-7(2)3/h7H,4-6,8H2,1-3H3. The largest absolute Gasteiger partial charge is 0.0657 e. The van der Waals surface area contributed by atoms with Crippen molar-refractivity contribution >= 4 is 9.52 Å². The Labute approximate surface area is 55.5 Å². The molecule has 0 rings (SSSR count). The van der Waals surface area contributed by atoms with E-state index < -0.39 is 0 Å². The predicted octanol–water partition coefficient (Wildman–Crippen LogP) is 2.20. The minimum Gasteiger partial charge on any atom is -0.0657 e. The smallest absolute Gasteiger partial charge is 0.0224 e. The van der Waals surface area contributed by atoms with E-state index in [0.717, 1.165) is 5.54 Å². The molecule has 50 valence electrons. The summed E-state index contributed by atoms with van der Waals surface area (Å²) in [5, 5.41) is 0. The Balaban J connectivity index is 2.72. The van der Waals surface area contributed by atoms with Crippen LogP contribution in [0, 0.1) is 0 Å². The lowest BCUT2D eigenvalue weighted by Gasteiger charge is -1.99. The van der Waals surface area contributed by atoms with Crippen LogP contribution in [0.15, 0.2) is 0 Å². The number of hydrogen-bond donors (Lipinski definition) is 0. The highest BCUT2D eigenvalue weighted by Gasteiger charge is 1.91. The van der Waals surface area contributed by atoms with Gasteiger partial charge < -0.3 is 0 Å². The number of rotatable bonds is 4. The SMILES string of the molecule is CCCC[SiH2]C(C)C. The Morgan fingerprint density at radius 3 is 2.38 bits per heavy atom. The van der Waals surface area contributed by atoms with E-state index in [9.17, 15) is 0 Å². The second kappa shape index (κ2) is 5.36. The second-order valence-electron chi connectivity index (χ2n) is 2.89. The van der Waals surface area contributed by atoms with Crippen molar-refractivity contribution < 1.29 is 0 Å². The monoisotopic (exact) mass is 130 g/mol. The zero-order valence-corrected chi connectivity index (χ0v) is 7.82. The van der Waals surface area contributed by atoms with Crippen LogP contribution in [0.1, 0.15) is 33.6 Å². The van der Waals surface area contributed by atoms with Crippen LogP contribution in [0.4, 0.5) is 0 Å². The van der Waals surface area contributed by atoms with Gasteiger partial charge in [-0.15, -0.1) is 0 Å². The molecule has 0 bridgehead atoms. The molecule has 0 aromatic carbocycles. The first kappa shape index (κ1) is 8.22. The van der Waals surface area contributed by atoms with Gasteiger partial charge in [-0.25, -0.2) is 0 Å². The van der Waals surface area contributed by atoms with Crippen molar-refractivity contribution in [2.24, 2.45) is 0 Å². The summed E-state index contributed by atoms with van der Waals surface area (Å²) < 4.78 is 0. The molecule has 0 aliphatic rings. The lowest BCUT2D eigenvalue weighted by atomic mass is 10.4. The third kappa shape index (κ3) is 6.22. The minimum absolute atomic E-state index is 0.335. The summed E-state index contributed by atoms with van der Waals surface area (Å²) in [7, 11) is 0.335. The van der Waals surface area contributed by atoms with Crippen molar-refractivity contribution in [2.75, 3.05) is 0 Å². The summed E-state index contributed by atoms with van der Waals surface area (Å²) in [6.45, 7) is 6.97. The van der Waals surface area contributed by atoms with Gasteiger partial charge in [0, 0.05) is 9.52 Å². The van der Waals surface area contributed by atoms with Gasteiger partial charge in [-0.2, -0.15) is 0 Å². The molecule has 0 aromatic heterocycles. The fraction of sp³-hybridized carbons (Fsp3) is 1.00. The summed E-state index contributed by atoms with van der Waals surface area (Å²) in [5.74, 6) is 0. The van der Waals surface area contributed by atoms with E-state index in [1.807, 2.05) is 0 Å². The lowest BCUT2D eigenvalue weighted by molar-refractivity contribution is 0.868. The molecule has 0 heterocycles. The molecule has 0 fully saturated rings. The first-order valence-electron chi connectivity index (χ1n) is 3.77. The number of unbranched alkanes of at least 4 members (excludes halogenated alkanes) is 1. The van der Waals surface area contributed by atoms with Gasteiger partial charge in [-0.3, -0.25) is 0 Å². The van der Waals surface area contributed by atoms with Crippen LogP contribution in [0.2, 0.25) is 11.6 Å². The molecule has 1 heteroatoms. The fourth-order valence-corrected chi connectivity index (χ4v) is 2.41. The molecule has 0 atom stereocenters. The van der Waals surface area contributed by atoms with Crippen LogP contribution < -0.4 is 0 Å². The van der Waals surface area contributed by atoms with Crippen LogP contribution in [0.5, 0.6) is 0 Å². The highest BCUT2D eigenvalue weighted by Crippen LogP contribution is 2.03. The Morgan fingerprint density at radius 1 is 1.38 bits per heavy atom. The van der Waals surface area contributed by atoms with E-state index in [4.69, 9.17) is 0 Å². The average molecular weight is 130 g/mol. The van der Waals surface area contributed by atoms with Crippen molar-refractivity contribution in [3.63, 3.8) is 0 Å². The van der Waals surface area contributed by atoms with Crippen molar-refractivity contribution in [3.05, 3.63) is 0 Å². The molecule has 0 aliphatic carbocycles. The molecule has 0 amide bonds. The van der Waals surface area contributed by atoms with Gasteiger partial charge in [0.2, 0.25) is 0 Å². The first-order valence-corrected chi connectivity index (χ1v) is 5.59. The van der Waals surface area contributed by atoms with Crippen molar-refractivity contribution in [1.82, 2.24) is 0 Å². The van der Waals surface area contributed by atoms with Crippen molar-refractivity contribution in [3.8, 4) is 0 Å². The first-order chi connectivity index (χ1) is 3.77. The van der Waals surface area contributed by atoms with Crippen molar-refractivity contribution in [1.29, 1.82) is 0 Å². The van der Waals surface area contributed by atoms with Crippen LogP contribution >= 0.6 is 0 Å². The summed E-state index contributed by atoms with van der Waals surface area (Å²) in [6, 6.07) is 1.56.